The monoisotopic (exact) mass is 809 g/mol. The second kappa shape index (κ2) is 19.9. The number of amides is 3. The Kier molecular flexibility index (Phi) is 15.0. The predicted molar refractivity (Wildman–Crippen MR) is 212 cm³/mol. The van der Waals surface area contributed by atoms with Crippen LogP contribution in [0, 0.1) is 25.6 Å². The number of carbonyl (C=O) groups excluding carboxylic acids is 2. The van der Waals surface area contributed by atoms with Crippen LogP contribution in [0.3, 0.4) is 0 Å². The quantitative estimate of drug-likeness (QED) is 0.160. The van der Waals surface area contributed by atoms with Crippen LogP contribution in [0.4, 0.5) is 20.6 Å². The SMILES string of the molecule is COc1ccc(COC[C@H](C)N2C[C@@H](C)[C@H](CN(C)S(=O)(=O)c3ccc(F)cc3)OCCCCOc3ccc(NC(=O)Nc4c(C)noc4C)cc3CC2=O)cc1. The van der Waals surface area contributed by atoms with Gasteiger partial charge in [0.2, 0.25) is 15.9 Å². The first kappa shape index (κ1) is 43.1. The minimum atomic E-state index is -3.97. The summed E-state index contributed by atoms with van der Waals surface area (Å²) in [6, 6.07) is 16.5. The highest BCUT2D eigenvalue weighted by atomic mass is 32.2. The highest BCUT2D eigenvalue weighted by Crippen LogP contribution is 2.27. The zero-order valence-corrected chi connectivity index (χ0v) is 34.1. The molecule has 0 saturated carbocycles. The van der Waals surface area contributed by atoms with Gasteiger partial charge in [0, 0.05) is 43.9 Å². The number of nitrogens with one attached hydrogen (secondary N) is 2. The van der Waals surface area contributed by atoms with Gasteiger partial charge in [0.1, 0.15) is 28.7 Å². The van der Waals surface area contributed by atoms with Crippen molar-refractivity contribution in [2.75, 3.05) is 57.7 Å². The van der Waals surface area contributed by atoms with Gasteiger partial charge in [0.25, 0.3) is 0 Å². The Balaban J connectivity index is 1.38. The van der Waals surface area contributed by atoms with Crippen molar-refractivity contribution < 1.29 is 45.9 Å². The van der Waals surface area contributed by atoms with E-state index in [-0.39, 0.29) is 42.8 Å². The van der Waals surface area contributed by atoms with Crippen LogP contribution in [0.15, 0.2) is 76.1 Å². The molecule has 4 aromatic rings. The van der Waals surface area contributed by atoms with Crippen molar-refractivity contribution in [3.05, 3.63) is 95.1 Å². The number of aryl methyl sites for hydroxylation is 2. The van der Waals surface area contributed by atoms with Crippen molar-refractivity contribution in [2.24, 2.45) is 5.92 Å². The number of hydrogen-bond donors (Lipinski definition) is 2. The fraction of sp³-hybridized carbons (Fsp3) is 0.439. The van der Waals surface area contributed by atoms with Crippen LogP contribution in [0.1, 0.15) is 49.3 Å². The van der Waals surface area contributed by atoms with Crippen LogP contribution in [0.5, 0.6) is 11.5 Å². The van der Waals surface area contributed by atoms with Gasteiger partial charge in [-0.3, -0.25) is 4.79 Å². The molecule has 1 aliphatic rings. The number of likely N-dealkylation sites (N-methyl/N-ethyl adjacent to an activating group) is 1. The summed E-state index contributed by atoms with van der Waals surface area (Å²) in [7, 11) is -0.908. The Bertz CT molecular complexity index is 2040. The van der Waals surface area contributed by atoms with E-state index in [2.05, 4.69) is 15.8 Å². The highest BCUT2D eigenvalue weighted by Gasteiger charge is 2.31. The molecule has 1 aliphatic heterocycles. The molecule has 0 saturated heterocycles. The summed E-state index contributed by atoms with van der Waals surface area (Å²) < 4.78 is 70.9. The normalized spacial score (nSPS) is 17.6. The van der Waals surface area contributed by atoms with Gasteiger partial charge in [0.05, 0.1) is 50.4 Å². The molecule has 0 aliphatic carbocycles. The van der Waals surface area contributed by atoms with Gasteiger partial charge in [0.15, 0.2) is 5.76 Å². The third-order valence-electron chi connectivity index (χ3n) is 9.78. The van der Waals surface area contributed by atoms with Gasteiger partial charge in [-0.1, -0.05) is 24.2 Å². The average Bonchev–Trinajstić information content (AvgIpc) is 3.50. The van der Waals surface area contributed by atoms with E-state index in [1.54, 1.807) is 44.1 Å². The number of anilines is 2. The molecule has 14 nitrogen and oxygen atoms in total. The fourth-order valence-electron chi connectivity index (χ4n) is 6.41. The van der Waals surface area contributed by atoms with Gasteiger partial charge in [-0.05, 0) is 93.8 Å². The van der Waals surface area contributed by atoms with Crippen molar-refractivity contribution in [3.63, 3.8) is 0 Å². The van der Waals surface area contributed by atoms with E-state index in [0.29, 0.717) is 66.8 Å². The van der Waals surface area contributed by atoms with Gasteiger partial charge in [-0.25, -0.2) is 17.6 Å². The van der Waals surface area contributed by atoms with Crippen LogP contribution < -0.4 is 20.1 Å². The molecular weight excluding hydrogens is 758 g/mol. The second-order valence-electron chi connectivity index (χ2n) is 14.2. The summed E-state index contributed by atoms with van der Waals surface area (Å²) in [5.74, 6) is 0.616. The molecule has 3 atom stereocenters. The third-order valence-corrected chi connectivity index (χ3v) is 11.6. The Morgan fingerprint density at radius 2 is 1.77 bits per heavy atom. The van der Waals surface area contributed by atoms with Crippen molar-refractivity contribution in [1.29, 1.82) is 0 Å². The maximum absolute atomic E-state index is 14.5. The molecule has 0 bridgehead atoms. The standard InChI is InChI=1S/C41H52FN5O9S/c1-27-23-47(28(2)25-53-26-31-9-14-35(52-6)15-10-31)39(48)22-32-21-34(43-41(49)44-40-29(3)45-56-30(40)4)13-18-37(32)54-19-7-8-20-55-38(27)24-46(5)57(50,51)36-16-11-33(42)12-17-36/h9-18,21,27-28,38H,7-8,19-20,22-26H2,1-6H3,(H2,43,44,49)/t27-,28+,38+/m1/s1. The highest BCUT2D eigenvalue weighted by molar-refractivity contribution is 7.89. The number of nitrogens with zero attached hydrogens (tertiary/aromatic N) is 3. The number of carbonyl (C=O) groups is 2. The number of methoxy groups -OCH3 is 1. The van der Waals surface area contributed by atoms with Crippen LogP contribution in [0.25, 0.3) is 0 Å². The minimum Gasteiger partial charge on any atom is -0.497 e. The number of halogens is 1. The number of urea groups is 1. The maximum Gasteiger partial charge on any atom is 0.323 e. The van der Waals surface area contributed by atoms with Crippen LogP contribution in [0.2, 0.25) is 0 Å². The van der Waals surface area contributed by atoms with Gasteiger partial charge >= 0.3 is 6.03 Å². The molecule has 0 fully saturated rings. The summed E-state index contributed by atoms with van der Waals surface area (Å²) in [5, 5.41) is 9.47. The predicted octanol–water partition coefficient (Wildman–Crippen LogP) is 6.57. The number of hydrogen-bond acceptors (Lipinski definition) is 10. The summed E-state index contributed by atoms with van der Waals surface area (Å²) in [4.78, 5) is 29.1. The van der Waals surface area contributed by atoms with E-state index in [9.17, 15) is 22.4 Å². The number of fused-ring (bicyclic) bond motifs is 1. The number of aromatic nitrogens is 1. The van der Waals surface area contributed by atoms with Crippen molar-refractivity contribution in [1.82, 2.24) is 14.4 Å². The molecule has 308 valence electrons. The van der Waals surface area contributed by atoms with Crippen molar-refractivity contribution in [2.45, 2.75) is 70.6 Å². The molecule has 16 heteroatoms. The number of benzene rings is 3. The first-order valence-corrected chi connectivity index (χ1v) is 20.3. The van der Waals surface area contributed by atoms with Gasteiger partial charge < -0.3 is 39.0 Å². The molecule has 1 aromatic heterocycles. The largest absolute Gasteiger partial charge is 0.497 e. The third kappa shape index (κ3) is 11.8. The number of rotatable bonds is 12. The van der Waals surface area contributed by atoms with Gasteiger partial charge in [-0.2, -0.15) is 4.31 Å². The lowest BCUT2D eigenvalue weighted by atomic mass is 10.0. The molecule has 3 aromatic carbocycles. The fourth-order valence-corrected chi connectivity index (χ4v) is 7.59. The Hall–Kier alpha value is -5.03. The molecule has 2 N–H and O–H groups in total. The molecule has 2 heterocycles. The molecule has 0 spiro atoms. The lowest BCUT2D eigenvalue weighted by Gasteiger charge is -2.36. The molecule has 0 radical (unpaired) electrons. The average molecular weight is 810 g/mol. The van der Waals surface area contributed by atoms with Crippen molar-refractivity contribution >= 4 is 33.3 Å². The Morgan fingerprint density at radius 1 is 1.05 bits per heavy atom. The number of sulfonamides is 1. The van der Waals surface area contributed by atoms with E-state index < -0.39 is 34.0 Å². The molecule has 3 amide bonds. The van der Waals surface area contributed by atoms with E-state index in [4.69, 9.17) is 23.5 Å². The maximum atomic E-state index is 14.5. The summed E-state index contributed by atoms with van der Waals surface area (Å²) in [5.41, 5.74) is 2.97. The smallest absolute Gasteiger partial charge is 0.323 e. The zero-order valence-electron chi connectivity index (χ0n) is 33.2. The second-order valence-corrected chi connectivity index (χ2v) is 16.3. The molecular formula is C41H52FN5O9S. The van der Waals surface area contributed by atoms with E-state index in [1.165, 1.54) is 23.5 Å². The van der Waals surface area contributed by atoms with E-state index >= 15 is 0 Å². The van der Waals surface area contributed by atoms with Crippen LogP contribution in [-0.2, 0) is 37.3 Å². The lowest BCUT2D eigenvalue weighted by Crippen LogP contribution is -2.48. The summed E-state index contributed by atoms with van der Waals surface area (Å²) in [6.45, 7) is 8.65. The molecule has 5 rings (SSSR count). The lowest BCUT2D eigenvalue weighted by molar-refractivity contribution is -0.135. The molecule has 0 unspecified atom stereocenters. The van der Waals surface area contributed by atoms with E-state index in [1.807, 2.05) is 38.1 Å². The Morgan fingerprint density at radius 3 is 2.46 bits per heavy atom. The van der Waals surface area contributed by atoms with Crippen LogP contribution >= 0.6 is 0 Å². The zero-order chi connectivity index (χ0) is 41.1. The first-order chi connectivity index (χ1) is 27.2. The van der Waals surface area contributed by atoms with Crippen LogP contribution in [-0.4, -0.2) is 93.9 Å². The minimum absolute atomic E-state index is 0.00435. The van der Waals surface area contributed by atoms with E-state index in [0.717, 1.165) is 23.4 Å². The van der Waals surface area contributed by atoms with Gasteiger partial charge in [-0.15, -0.1) is 0 Å². The van der Waals surface area contributed by atoms with Crippen molar-refractivity contribution in [3.8, 4) is 11.5 Å². The summed E-state index contributed by atoms with van der Waals surface area (Å²) in [6.07, 6.45) is 0.603. The summed E-state index contributed by atoms with van der Waals surface area (Å²) >= 11 is 0. The number of ether oxygens (including phenoxy) is 4. The first-order valence-electron chi connectivity index (χ1n) is 18.9. The topological polar surface area (TPSA) is 162 Å². The Labute approximate surface area is 333 Å². The molecule has 57 heavy (non-hydrogen) atoms.